The normalized spacial score (nSPS) is 11.8. The van der Waals surface area contributed by atoms with E-state index in [2.05, 4.69) is 30.8 Å². The maximum Gasteiger partial charge on any atom is 0.287 e. The number of hydrogen-bond donors (Lipinski definition) is 4. The van der Waals surface area contributed by atoms with Crippen LogP contribution in [0.5, 0.6) is 0 Å². The van der Waals surface area contributed by atoms with Crippen molar-refractivity contribution in [2.45, 2.75) is 19.3 Å². The van der Waals surface area contributed by atoms with Gasteiger partial charge in [-0.25, -0.2) is 8.78 Å². The molecule has 0 aromatic carbocycles. The van der Waals surface area contributed by atoms with Crippen LogP contribution in [-0.4, -0.2) is 50.9 Å². The summed E-state index contributed by atoms with van der Waals surface area (Å²) in [5.41, 5.74) is 0.452. The number of nitrogens with zero attached hydrogens (tertiary/aromatic N) is 3. The summed E-state index contributed by atoms with van der Waals surface area (Å²) in [5, 5.41) is 21.1. The lowest BCUT2D eigenvalue weighted by Crippen LogP contribution is -2.31. The second kappa shape index (κ2) is 5.95. The van der Waals surface area contributed by atoms with Gasteiger partial charge in [-0.1, -0.05) is 6.92 Å². The van der Waals surface area contributed by atoms with Gasteiger partial charge in [-0.3, -0.25) is 5.10 Å². The number of aliphatic hydroxyl groups is 1. The SMILES string of the molecule is CCCNc1nc(NCC(F)(F)CO)c2cn[nH]c2n1. The highest BCUT2D eigenvalue weighted by Crippen LogP contribution is 2.21. The van der Waals surface area contributed by atoms with Gasteiger partial charge in [0.1, 0.15) is 12.4 Å². The van der Waals surface area contributed by atoms with E-state index in [1.807, 2.05) is 6.92 Å². The number of aromatic nitrogens is 4. The van der Waals surface area contributed by atoms with Crippen LogP contribution >= 0.6 is 0 Å². The molecule has 0 bridgehead atoms. The largest absolute Gasteiger partial charge is 0.390 e. The number of alkyl halides is 2. The van der Waals surface area contributed by atoms with Gasteiger partial charge in [-0.2, -0.15) is 15.1 Å². The van der Waals surface area contributed by atoms with Crippen molar-refractivity contribution in [3.05, 3.63) is 6.20 Å². The highest BCUT2D eigenvalue weighted by Gasteiger charge is 2.28. The Hall–Kier alpha value is -2.03. The van der Waals surface area contributed by atoms with E-state index in [9.17, 15) is 8.78 Å². The molecule has 0 atom stereocenters. The van der Waals surface area contributed by atoms with E-state index in [1.165, 1.54) is 6.20 Å². The van der Waals surface area contributed by atoms with E-state index in [-0.39, 0.29) is 5.82 Å². The Morgan fingerprint density at radius 3 is 2.85 bits per heavy atom. The summed E-state index contributed by atoms with van der Waals surface area (Å²) < 4.78 is 26.1. The minimum absolute atomic E-state index is 0.246. The van der Waals surface area contributed by atoms with Crippen molar-refractivity contribution >= 4 is 22.8 Å². The smallest absolute Gasteiger partial charge is 0.287 e. The van der Waals surface area contributed by atoms with Crippen LogP contribution in [0.3, 0.4) is 0 Å². The first-order valence-corrected chi connectivity index (χ1v) is 6.23. The molecule has 0 aliphatic heterocycles. The Bertz CT molecular complexity index is 573. The van der Waals surface area contributed by atoms with Gasteiger partial charge in [0.15, 0.2) is 5.65 Å². The molecular formula is C11H16F2N6O. The molecule has 110 valence electrons. The maximum atomic E-state index is 13.1. The zero-order chi connectivity index (χ0) is 14.6. The predicted octanol–water partition coefficient (Wildman–Crippen LogP) is 1.21. The maximum absolute atomic E-state index is 13.1. The van der Waals surface area contributed by atoms with Gasteiger partial charge in [-0.15, -0.1) is 0 Å². The van der Waals surface area contributed by atoms with Crippen LogP contribution in [0.15, 0.2) is 6.20 Å². The van der Waals surface area contributed by atoms with Crippen LogP contribution in [0, 0.1) is 0 Å². The molecule has 4 N–H and O–H groups in total. The monoisotopic (exact) mass is 286 g/mol. The molecule has 0 aliphatic carbocycles. The van der Waals surface area contributed by atoms with Gasteiger partial charge in [0.2, 0.25) is 5.95 Å². The van der Waals surface area contributed by atoms with Crippen molar-refractivity contribution in [3.8, 4) is 0 Å². The van der Waals surface area contributed by atoms with E-state index in [1.54, 1.807) is 0 Å². The molecule has 0 radical (unpaired) electrons. The third kappa shape index (κ3) is 3.29. The molecule has 2 aromatic heterocycles. The van der Waals surface area contributed by atoms with Crippen molar-refractivity contribution in [2.75, 3.05) is 30.3 Å². The minimum atomic E-state index is -3.21. The number of nitrogens with one attached hydrogen (secondary N) is 3. The van der Waals surface area contributed by atoms with E-state index >= 15 is 0 Å². The second-order valence-electron chi connectivity index (χ2n) is 4.32. The molecule has 20 heavy (non-hydrogen) atoms. The molecule has 0 unspecified atom stereocenters. The van der Waals surface area contributed by atoms with Crippen molar-refractivity contribution in [3.63, 3.8) is 0 Å². The number of anilines is 2. The minimum Gasteiger partial charge on any atom is -0.390 e. The molecule has 9 heteroatoms. The Morgan fingerprint density at radius 1 is 1.35 bits per heavy atom. The molecule has 7 nitrogen and oxygen atoms in total. The summed E-state index contributed by atoms with van der Waals surface area (Å²) in [4.78, 5) is 8.32. The molecule has 2 aromatic rings. The van der Waals surface area contributed by atoms with Gasteiger partial charge in [0, 0.05) is 6.54 Å². The lowest BCUT2D eigenvalue weighted by Gasteiger charge is -2.15. The zero-order valence-corrected chi connectivity index (χ0v) is 11.0. The predicted molar refractivity (Wildman–Crippen MR) is 71.0 cm³/mol. The van der Waals surface area contributed by atoms with Crippen LogP contribution in [0.25, 0.3) is 11.0 Å². The third-order valence-electron chi connectivity index (χ3n) is 2.59. The Balaban J connectivity index is 2.23. The number of halogens is 2. The number of hydrogen-bond acceptors (Lipinski definition) is 6. The fourth-order valence-electron chi connectivity index (χ4n) is 1.55. The zero-order valence-electron chi connectivity index (χ0n) is 11.0. The van der Waals surface area contributed by atoms with Crippen molar-refractivity contribution < 1.29 is 13.9 Å². The van der Waals surface area contributed by atoms with Crippen molar-refractivity contribution in [1.82, 2.24) is 20.2 Å². The average molecular weight is 286 g/mol. The highest BCUT2D eigenvalue weighted by molar-refractivity contribution is 5.86. The fourth-order valence-corrected chi connectivity index (χ4v) is 1.55. The van der Waals surface area contributed by atoms with Crippen molar-refractivity contribution in [2.24, 2.45) is 0 Å². The molecule has 0 spiro atoms. The molecule has 0 saturated heterocycles. The van der Waals surface area contributed by atoms with Crippen LogP contribution in [0.4, 0.5) is 20.5 Å². The first-order chi connectivity index (χ1) is 9.55. The second-order valence-corrected chi connectivity index (χ2v) is 4.32. The van der Waals surface area contributed by atoms with Crippen LogP contribution < -0.4 is 10.6 Å². The number of H-pyrrole nitrogens is 1. The first kappa shape index (κ1) is 14.4. The highest BCUT2D eigenvalue weighted by atomic mass is 19.3. The number of aliphatic hydroxyl groups excluding tert-OH is 1. The Kier molecular flexibility index (Phi) is 4.28. The van der Waals surface area contributed by atoms with E-state index < -0.39 is 19.1 Å². The van der Waals surface area contributed by atoms with Gasteiger partial charge < -0.3 is 15.7 Å². The molecule has 2 heterocycles. The summed E-state index contributed by atoms with van der Waals surface area (Å²) in [5.74, 6) is -2.63. The molecule has 0 amide bonds. The van der Waals surface area contributed by atoms with Gasteiger partial charge in [0.05, 0.1) is 18.1 Å². The number of aromatic amines is 1. The van der Waals surface area contributed by atoms with E-state index in [4.69, 9.17) is 5.11 Å². The summed E-state index contributed by atoms with van der Waals surface area (Å²) >= 11 is 0. The number of fused-ring (bicyclic) bond motifs is 1. The van der Waals surface area contributed by atoms with E-state index in [0.717, 1.165) is 6.42 Å². The molecular weight excluding hydrogens is 270 g/mol. The van der Waals surface area contributed by atoms with Crippen LogP contribution in [-0.2, 0) is 0 Å². The summed E-state index contributed by atoms with van der Waals surface area (Å²) in [6, 6.07) is 0. The summed E-state index contributed by atoms with van der Waals surface area (Å²) in [6.07, 6.45) is 2.34. The Labute approximate surface area is 113 Å². The van der Waals surface area contributed by atoms with Crippen LogP contribution in [0.2, 0.25) is 0 Å². The lowest BCUT2D eigenvalue weighted by molar-refractivity contribution is -0.0373. The molecule has 0 saturated carbocycles. The summed E-state index contributed by atoms with van der Waals surface area (Å²) in [7, 11) is 0. The van der Waals surface area contributed by atoms with E-state index in [0.29, 0.717) is 23.5 Å². The average Bonchev–Trinajstić information content (AvgIpc) is 2.91. The fraction of sp³-hybridized carbons (Fsp3) is 0.545. The molecule has 0 aliphatic rings. The van der Waals surface area contributed by atoms with Gasteiger partial charge in [-0.05, 0) is 6.42 Å². The van der Waals surface area contributed by atoms with Gasteiger partial charge in [0.25, 0.3) is 5.92 Å². The topological polar surface area (TPSA) is 98.8 Å². The Morgan fingerprint density at radius 2 is 2.15 bits per heavy atom. The number of rotatable bonds is 7. The standard InChI is InChI=1S/C11H16F2N6O/c1-2-3-14-10-17-8(15-5-11(12,13)6-20)7-4-16-19-9(7)18-10/h4,20H,2-3,5-6H2,1H3,(H3,14,15,16,17,18,19). The van der Waals surface area contributed by atoms with Gasteiger partial charge >= 0.3 is 0 Å². The summed E-state index contributed by atoms with van der Waals surface area (Å²) in [6.45, 7) is 0.725. The quantitative estimate of drug-likeness (QED) is 0.611. The molecule has 2 rings (SSSR count). The first-order valence-electron chi connectivity index (χ1n) is 6.23. The molecule has 0 fully saturated rings. The third-order valence-corrected chi connectivity index (χ3v) is 2.59. The van der Waals surface area contributed by atoms with Crippen molar-refractivity contribution in [1.29, 1.82) is 0 Å². The van der Waals surface area contributed by atoms with Crippen LogP contribution in [0.1, 0.15) is 13.3 Å². The lowest BCUT2D eigenvalue weighted by atomic mass is 10.3.